The van der Waals surface area contributed by atoms with Crippen molar-refractivity contribution in [1.82, 2.24) is 14.4 Å². The van der Waals surface area contributed by atoms with E-state index in [1.807, 2.05) is 37.3 Å². The predicted molar refractivity (Wildman–Crippen MR) is 192 cm³/mol. The number of rotatable bonds is 12. The van der Waals surface area contributed by atoms with Gasteiger partial charge in [-0.2, -0.15) is 5.26 Å². The van der Waals surface area contributed by atoms with Crippen LogP contribution >= 0.6 is 24.0 Å². The molecule has 0 spiro atoms. The fraction of sp³-hybridized carbons (Fsp3) is 0.389. The van der Waals surface area contributed by atoms with Crippen molar-refractivity contribution in [3.8, 4) is 17.6 Å². The van der Waals surface area contributed by atoms with Crippen LogP contribution in [0.4, 0.5) is 5.82 Å². The minimum absolute atomic E-state index is 0.114. The molecule has 3 aromatic rings. The van der Waals surface area contributed by atoms with E-state index in [0.717, 1.165) is 62.5 Å². The first-order chi connectivity index (χ1) is 22.8. The minimum Gasteiger partial charge on any atom is -0.493 e. The lowest BCUT2D eigenvalue weighted by Crippen LogP contribution is -2.48. The average Bonchev–Trinajstić information content (AvgIpc) is 3.36. The van der Waals surface area contributed by atoms with Crippen LogP contribution in [-0.2, 0) is 24.3 Å². The predicted octanol–water partition coefficient (Wildman–Crippen LogP) is 5.61. The summed E-state index contributed by atoms with van der Waals surface area (Å²) in [7, 11) is 3.19. The summed E-state index contributed by atoms with van der Waals surface area (Å²) >= 11 is 6.94. The lowest BCUT2D eigenvalue weighted by Gasteiger charge is -2.38. The number of methoxy groups -OCH3 is 2. The van der Waals surface area contributed by atoms with Gasteiger partial charge in [0.1, 0.15) is 21.8 Å². The number of ether oxygens (including phenoxy) is 2. The number of aromatic nitrogens is 1. The SMILES string of the molecule is CCCCn1c(N2CCN(Cc3ccccc3)CC2)c(C=C2SC(=S)N(CCc3ccc(OC)c(OC)c3)C2=O)c(C)c(C#N)c1=O. The van der Waals surface area contributed by atoms with Gasteiger partial charge in [-0.05, 0) is 54.7 Å². The van der Waals surface area contributed by atoms with Crippen LogP contribution in [0.25, 0.3) is 6.08 Å². The first-order valence-corrected chi connectivity index (χ1v) is 17.2. The normalized spacial score (nSPS) is 16.2. The molecule has 2 aromatic carbocycles. The molecule has 1 amide bonds. The molecule has 0 N–H and O–H groups in total. The maximum absolute atomic E-state index is 13.8. The number of nitriles is 1. The quantitative estimate of drug-likeness (QED) is 0.180. The molecule has 47 heavy (non-hydrogen) atoms. The zero-order valence-electron chi connectivity index (χ0n) is 27.5. The maximum atomic E-state index is 13.8. The number of nitrogens with zero attached hydrogens (tertiary/aromatic N) is 5. The Morgan fingerprint density at radius 1 is 0.979 bits per heavy atom. The molecule has 0 atom stereocenters. The monoisotopic (exact) mass is 671 g/mol. The first-order valence-electron chi connectivity index (χ1n) is 15.9. The molecule has 0 bridgehead atoms. The summed E-state index contributed by atoms with van der Waals surface area (Å²) in [5.74, 6) is 1.87. The summed E-state index contributed by atoms with van der Waals surface area (Å²) in [5.41, 5.74) is 3.41. The minimum atomic E-state index is -0.278. The topological polar surface area (TPSA) is 91.0 Å². The van der Waals surface area contributed by atoms with Crippen molar-refractivity contribution in [2.45, 2.75) is 46.2 Å². The summed E-state index contributed by atoms with van der Waals surface area (Å²) in [6.45, 7) is 8.75. The molecule has 246 valence electrons. The highest BCUT2D eigenvalue weighted by molar-refractivity contribution is 8.26. The van der Waals surface area contributed by atoms with Crippen molar-refractivity contribution >= 4 is 46.1 Å². The van der Waals surface area contributed by atoms with Gasteiger partial charge in [0.25, 0.3) is 11.5 Å². The maximum Gasteiger partial charge on any atom is 0.270 e. The van der Waals surface area contributed by atoms with Crippen LogP contribution in [0.2, 0.25) is 0 Å². The number of hydrogen-bond donors (Lipinski definition) is 0. The van der Waals surface area contributed by atoms with E-state index >= 15 is 0 Å². The number of thiocarbonyl (C=S) groups is 1. The van der Waals surface area contributed by atoms with Crippen molar-refractivity contribution in [1.29, 1.82) is 5.26 Å². The second kappa shape index (κ2) is 15.7. The van der Waals surface area contributed by atoms with Crippen LogP contribution in [0.1, 0.15) is 47.6 Å². The fourth-order valence-corrected chi connectivity index (χ4v) is 7.36. The Balaban J connectivity index is 1.45. The van der Waals surface area contributed by atoms with Crippen LogP contribution in [0, 0.1) is 18.3 Å². The molecule has 2 aliphatic heterocycles. The Bertz CT molecular complexity index is 1760. The van der Waals surface area contributed by atoms with Crippen molar-refractivity contribution in [3.63, 3.8) is 0 Å². The molecule has 2 fully saturated rings. The van der Waals surface area contributed by atoms with Crippen molar-refractivity contribution < 1.29 is 14.3 Å². The summed E-state index contributed by atoms with van der Waals surface area (Å²) in [5, 5.41) is 10.1. The Labute approximate surface area is 286 Å². The Kier molecular flexibility index (Phi) is 11.4. The zero-order chi connectivity index (χ0) is 33.5. The molecule has 2 saturated heterocycles. The Morgan fingerprint density at radius 2 is 1.70 bits per heavy atom. The summed E-state index contributed by atoms with van der Waals surface area (Å²) in [4.78, 5) is 34.3. The van der Waals surface area contributed by atoms with Crippen molar-refractivity contribution in [2.75, 3.05) is 51.8 Å². The van der Waals surface area contributed by atoms with E-state index < -0.39 is 0 Å². The highest BCUT2D eigenvalue weighted by Crippen LogP contribution is 2.37. The molecule has 1 aromatic heterocycles. The van der Waals surface area contributed by atoms with Crippen LogP contribution in [0.15, 0.2) is 58.2 Å². The smallest absolute Gasteiger partial charge is 0.270 e. The molecule has 2 aliphatic rings. The van der Waals surface area contributed by atoms with Gasteiger partial charge in [-0.1, -0.05) is 73.7 Å². The number of amides is 1. The number of hydrogen-bond acceptors (Lipinski definition) is 9. The fourth-order valence-electron chi connectivity index (χ4n) is 6.07. The number of carbonyl (C=O) groups excluding carboxylic acids is 1. The van der Waals surface area contributed by atoms with Gasteiger partial charge >= 0.3 is 0 Å². The lowest BCUT2D eigenvalue weighted by molar-refractivity contribution is -0.122. The molecular weight excluding hydrogens is 631 g/mol. The van der Waals surface area contributed by atoms with Gasteiger partial charge in [-0.25, -0.2) is 0 Å². The van der Waals surface area contributed by atoms with Gasteiger partial charge in [0.2, 0.25) is 0 Å². The van der Waals surface area contributed by atoms with Crippen LogP contribution < -0.4 is 19.9 Å². The molecule has 3 heterocycles. The van der Waals surface area contributed by atoms with E-state index in [1.165, 1.54) is 17.3 Å². The third-order valence-electron chi connectivity index (χ3n) is 8.72. The Hall–Kier alpha value is -4.11. The molecular formula is C36H41N5O4S2. The first kappa shape index (κ1) is 34.2. The Morgan fingerprint density at radius 3 is 2.36 bits per heavy atom. The third-order valence-corrected chi connectivity index (χ3v) is 10.1. The molecule has 0 radical (unpaired) electrons. The molecule has 0 unspecified atom stereocenters. The molecule has 11 heteroatoms. The largest absolute Gasteiger partial charge is 0.493 e. The van der Waals surface area contributed by atoms with Gasteiger partial charge in [-0.3, -0.25) is 24.0 Å². The van der Waals surface area contributed by atoms with Gasteiger partial charge in [0.15, 0.2) is 11.5 Å². The third kappa shape index (κ3) is 7.56. The molecule has 5 rings (SSSR count). The number of pyridine rings is 1. The molecule has 0 saturated carbocycles. The summed E-state index contributed by atoms with van der Waals surface area (Å²) in [6.07, 6.45) is 4.13. The highest BCUT2D eigenvalue weighted by atomic mass is 32.2. The second-order valence-corrected chi connectivity index (χ2v) is 13.4. The van der Waals surface area contributed by atoms with E-state index in [-0.39, 0.29) is 17.0 Å². The number of carbonyl (C=O) groups is 1. The average molecular weight is 672 g/mol. The number of unbranched alkanes of at least 4 members (excludes halogenated alkanes) is 1. The van der Waals surface area contributed by atoms with E-state index in [0.29, 0.717) is 45.8 Å². The summed E-state index contributed by atoms with van der Waals surface area (Å²) in [6, 6.07) is 18.3. The van der Waals surface area contributed by atoms with Crippen molar-refractivity contribution in [2.24, 2.45) is 0 Å². The van der Waals surface area contributed by atoms with E-state index in [1.54, 1.807) is 23.7 Å². The number of piperazine rings is 1. The number of thioether (sulfide) groups is 1. The zero-order valence-corrected chi connectivity index (χ0v) is 29.1. The summed E-state index contributed by atoms with van der Waals surface area (Å²) < 4.78 is 13.0. The van der Waals surface area contributed by atoms with Crippen LogP contribution in [0.3, 0.4) is 0 Å². The van der Waals surface area contributed by atoms with Crippen molar-refractivity contribution in [3.05, 3.63) is 91.6 Å². The van der Waals surface area contributed by atoms with E-state index in [4.69, 9.17) is 21.7 Å². The van der Waals surface area contributed by atoms with E-state index in [2.05, 4.69) is 47.1 Å². The lowest BCUT2D eigenvalue weighted by atomic mass is 10.0. The number of anilines is 1. The molecule has 9 nitrogen and oxygen atoms in total. The van der Waals surface area contributed by atoms with Gasteiger partial charge in [0.05, 0.1) is 19.1 Å². The van der Waals surface area contributed by atoms with Crippen LogP contribution in [0.5, 0.6) is 11.5 Å². The molecule has 0 aliphatic carbocycles. The second-order valence-electron chi connectivity index (χ2n) is 11.7. The van der Waals surface area contributed by atoms with E-state index in [9.17, 15) is 14.9 Å². The van der Waals surface area contributed by atoms with Gasteiger partial charge in [0, 0.05) is 51.4 Å². The van der Waals surface area contributed by atoms with Crippen LogP contribution in [-0.4, -0.2) is 71.5 Å². The van der Waals surface area contributed by atoms with Gasteiger partial charge < -0.3 is 14.4 Å². The highest BCUT2D eigenvalue weighted by Gasteiger charge is 2.33. The number of benzene rings is 2. The van der Waals surface area contributed by atoms with Gasteiger partial charge in [-0.15, -0.1) is 0 Å². The standard InChI is InChI=1S/C36H41N5O4S2/c1-5-6-15-40-33(39-19-17-38(18-20-39)24-27-10-8-7-9-11-27)28(25(2)29(23-37)34(40)42)22-32-35(43)41(36(46)47-32)16-14-26-12-13-30(44-3)31(21-26)45-4/h7-13,21-22H,5-6,14-20,24H2,1-4H3.